The highest BCUT2D eigenvalue weighted by Crippen LogP contribution is 2.26. The van der Waals surface area contributed by atoms with Gasteiger partial charge >= 0.3 is 20.6 Å². The minimum absolute atomic E-state index is 0.291. The molecule has 2 N–H and O–H groups in total. The molecule has 0 fully saturated rings. The first-order valence-electron chi connectivity index (χ1n) is 6.68. The van der Waals surface area contributed by atoms with E-state index in [0.29, 0.717) is 11.5 Å². The van der Waals surface area contributed by atoms with E-state index in [1.807, 2.05) is 9.44 Å². The largest absolute Gasteiger partial charge is 0.493 e. The van der Waals surface area contributed by atoms with Gasteiger partial charge in [0.25, 0.3) is 0 Å². The summed E-state index contributed by atoms with van der Waals surface area (Å²) in [6.07, 6.45) is -1.21. The third-order valence-electron chi connectivity index (χ3n) is 2.67. The minimum Gasteiger partial charge on any atom is -0.493 e. The number of nitrogens with one attached hydrogen (secondary N) is 2. The molecule has 10 nitrogen and oxygen atoms in total. The molecular formula is C12H20N2O8S2. The standard InChI is InChI=1S/C12H20N2O8S2/c1-13-23(15,16)21-9-10(22-24(17,18)14-2)8-20-12-7-5-4-6-11(12)19-3/h4-7,10,13-14H,8-9H2,1-3H3/t10-/m1/s1. The van der Waals surface area contributed by atoms with Gasteiger partial charge in [0.15, 0.2) is 11.5 Å². The Bertz CT molecular complexity index is 720. The maximum absolute atomic E-state index is 11.5. The van der Waals surface area contributed by atoms with Crippen molar-refractivity contribution in [3.63, 3.8) is 0 Å². The molecular weight excluding hydrogens is 364 g/mol. The Kier molecular flexibility index (Phi) is 7.86. The monoisotopic (exact) mass is 384 g/mol. The van der Waals surface area contributed by atoms with Crippen molar-refractivity contribution < 1.29 is 34.7 Å². The highest BCUT2D eigenvalue weighted by Gasteiger charge is 2.22. The van der Waals surface area contributed by atoms with Crippen LogP contribution in [0, 0.1) is 0 Å². The van der Waals surface area contributed by atoms with Crippen LogP contribution in [0.1, 0.15) is 0 Å². The van der Waals surface area contributed by atoms with Gasteiger partial charge in [-0.3, -0.25) is 4.18 Å². The molecule has 12 heteroatoms. The lowest BCUT2D eigenvalue weighted by molar-refractivity contribution is 0.0855. The maximum Gasteiger partial charge on any atom is 0.336 e. The summed E-state index contributed by atoms with van der Waals surface area (Å²) in [6, 6.07) is 6.68. The number of rotatable bonds is 11. The summed E-state index contributed by atoms with van der Waals surface area (Å²) >= 11 is 0. The molecule has 1 aromatic carbocycles. The van der Waals surface area contributed by atoms with Crippen LogP contribution in [0.2, 0.25) is 0 Å². The molecule has 138 valence electrons. The summed E-state index contributed by atoms with van der Waals surface area (Å²) in [6.45, 7) is -0.861. The van der Waals surface area contributed by atoms with Gasteiger partial charge in [0.1, 0.15) is 12.7 Å². The van der Waals surface area contributed by atoms with E-state index < -0.39 is 33.3 Å². The zero-order valence-corrected chi connectivity index (χ0v) is 15.0. The van der Waals surface area contributed by atoms with E-state index in [1.165, 1.54) is 7.11 Å². The molecule has 0 bridgehead atoms. The van der Waals surface area contributed by atoms with E-state index in [2.05, 4.69) is 4.18 Å². The molecule has 1 aromatic rings. The molecule has 1 rings (SSSR count). The minimum atomic E-state index is -4.07. The van der Waals surface area contributed by atoms with Gasteiger partial charge in [-0.2, -0.15) is 26.3 Å². The third-order valence-corrected chi connectivity index (χ3v) is 4.64. The Hall–Kier alpha value is -1.44. The van der Waals surface area contributed by atoms with Crippen molar-refractivity contribution in [2.24, 2.45) is 0 Å². The predicted molar refractivity (Wildman–Crippen MR) is 85.3 cm³/mol. The second-order valence-electron chi connectivity index (χ2n) is 4.28. The van der Waals surface area contributed by atoms with E-state index in [-0.39, 0.29) is 6.61 Å². The summed E-state index contributed by atoms with van der Waals surface area (Å²) in [4.78, 5) is 0. The lowest BCUT2D eigenvalue weighted by Crippen LogP contribution is -2.36. The van der Waals surface area contributed by atoms with Crippen LogP contribution in [0.3, 0.4) is 0 Å². The zero-order chi connectivity index (χ0) is 18.2. The van der Waals surface area contributed by atoms with Crippen LogP contribution in [0.4, 0.5) is 0 Å². The second kappa shape index (κ2) is 9.15. The third kappa shape index (κ3) is 6.98. The average molecular weight is 384 g/mol. The Labute approximate surface area is 141 Å². The van der Waals surface area contributed by atoms with Crippen LogP contribution < -0.4 is 18.9 Å². The number of para-hydroxylation sites is 2. The maximum atomic E-state index is 11.5. The first-order chi connectivity index (χ1) is 11.2. The van der Waals surface area contributed by atoms with E-state index in [1.54, 1.807) is 24.3 Å². The molecule has 0 aliphatic heterocycles. The Balaban J connectivity index is 2.81. The first-order valence-corrected chi connectivity index (χ1v) is 9.50. The molecule has 24 heavy (non-hydrogen) atoms. The van der Waals surface area contributed by atoms with E-state index in [9.17, 15) is 16.8 Å². The van der Waals surface area contributed by atoms with E-state index >= 15 is 0 Å². The molecule has 0 unspecified atom stereocenters. The molecule has 0 spiro atoms. The molecule has 1 atom stereocenters. The van der Waals surface area contributed by atoms with Crippen molar-refractivity contribution in [1.29, 1.82) is 0 Å². The van der Waals surface area contributed by atoms with Crippen molar-refractivity contribution in [1.82, 2.24) is 9.44 Å². The van der Waals surface area contributed by atoms with Gasteiger partial charge in [-0.25, -0.2) is 4.18 Å². The highest BCUT2D eigenvalue weighted by atomic mass is 32.2. The number of ether oxygens (including phenoxy) is 2. The summed E-state index contributed by atoms with van der Waals surface area (Å²) in [5, 5.41) is 0. The topological polar surface area (TPSA) is 129 Å². The van der Waals surface area contributed by atoms with Crippen LogP contribution in [0.5, 0.6) is 11.5 Å². The van der Waals surface area contributed by atoms with Crippen molar-refractivity contribution in [2.75, 3.05) is 34.4 Å². The van der Waals surface area contributed by atoms with Crippen molar-refractivity contribution in [3.05, 3.63) is 24.3 Å². The van der Waals surface area contributed by atoms with E-state index in [4.69, 9.17) is 13.7 Å². The summed E-state index contributed by atoms with van der Waals surface area (Å²) in [5.41, 5.74) is 0. The fraction of sp³-hybridized carbons (Fsp3) is 0.500. The lowest BCUT2D eigenvalue weighted by Gasteiger charge is -2.18. The molecule has 0 radical (unpaired) electrons. The lowest BCUT2D eigenvalue weighted by atomic mass is 10.3. The van der Waals surface area contributed by atoms with Gasteiger partial charge in [0.05, 0.1) is 13.7 Å². The highest BCUT2D eigenvalue weighted by molar-refractivity contribution is 7.85. The zero-order valence-electron chi connectivity index (χ0n) is 13.4. The average Bonchev–Trinajstić information content (AvgIpc) is 2.57. The predicted octanol–water partition coefficient (Wildman–Crippen LogP) is -0.596. The molecule has 0 heterocycles. The SMILES string of the molecule is CNS(=O)(=O)OC[C@@H](COc1ccccc1OC)OS(=O)(=O)NC. The van der Waals surface area contributed by atoms with Gasteiger partial charge in [-0.15, -0.1) is 0 Å². The fourth-order valence-corrected chi connectivity index (χ4v) is 2.49. The normalized spacial score (nSPS) is 13.5. The number of benzene rings is 1. The summed E-state index contributed by atoms with van der Waals surface area (Å²) in [5.74, 6) is 0.767. The molecule has 0 aliphatic rings. The molecule has 0 saturated heterocycles. The Morgan fingerprint density at radius 1 is 0.958 bits per heavy atom. The summed E-state index contributed by atoms with van der Waals surface area (Å²) < 4.78 is 69.4. The first kappa shape index (κ1) is 20.6. The van der Waals surface area contributed by atoms with Gasteiger partial charge < -0.3 is 9.47 Å². The van der Waals surface area contributed by atoms with Gasteiger partial charge in [0.2, 0.25) is 0 Å². The molecule has 0 aromatic heterocycles. The quantitative estimate of drug-likeness (QED) is 0.518. The number of hydrogen-bond acceptors (Lipinski definition) is 8. The van der Waals surface area contributed by atoms with Crippen LogP contribution in [0.15, 0.2) is 24.3 Å². The van der Waals surface area contributed by atoms with Crippen molar-refractivity contribution in [2.45, 2.75) is 6.10 Å². The van der Waals surface area contributed by atoms with Gasteiger partial charge in [0, 0.05) is 14.1 Å². The van der Waals surface area contributed by atoms with Gasteiger partial charge in [-0.05, 0) is 12.1 Å². The molecule has 0 amide bonds. The van der Waals surface area contributed by atoms with Crippen LogP contribution in [0.25, 0.3) is 0 Å². The van der Waals surface area contributed by atoms with Gasteiger partial charge in [-0.1, -0.05) is 12.1 Å². The van der Waals surface area contributed by atoms with E-state index in [0.717, 1.165) is 14.1 Å². The van der Waals surface area contributed by atoms with Crippen LogP contribution in [-0.4, -0.2) is 57.4 Å². The number of methoxy groups -OCH3 is 1. The Morgan fingerprint density at radius 3 is 2.08 bits per heavy atom. The Morgan fingerprint density at radius 2 is 1.54 bits per heavy atom. The molecule has 0 saturated carbocycles. The fourth-order valence-electron chi connectivity index (χ4n) is 1.48. The number of hydrogen-bond donors (Lipinski definition) is 2. The van der Waals surface area contributed by atoms with Crippen molar-refractivity contribution >= 4 is 20.6 Å². The second-order valence-corrected chi connectivity index (χ2v) is 7.34. The summed E-state index contributed by atoms with van der Waals surface area (Å²) in [7, 11) is -4.31. The van der Waals surface area contributed by atoms with Crippen LogP contribution in [-0.2, 0) is 29.0 Å². The molecule has 0 aliphatic carbocycles. The smallest absolute Gasteiger partial charge is 0.336 e. The van der Waals surface area contributed by atoms with Crippen molar-refractivity contribution in [3.8, 4) is 11.5 Å². The van der Waals surface area contributed by atoms with Crippen LogP contribution >= 0.6 is 0 Å².